The number of hydrogen-bond acceptors (Lipinski definition) is 6. The van der Waals surface area contributed by atoms with Gasteiger partial charge in [0.2, 0.25) is 0 Å². The molecule has 3 aromatic heterocycles. The molecule has 2 aliphatic heterocycles. The Bertz CT molecular complexity index is 1850. The van der Waals surface area contributed by atoms with Crippen LogP contribution in [-0.4, -0.2) is 57.3 Å². The lowest BCUT2D eigenvalue weighted by Gasteiger charge is -2.16. The number of carbonyl (C=O) groups is 2. The summed E-state index contributed by atoms with van der Waals surface area (Å²) in [6, 6.07) is 6.18. The number of aromatic carboxylic acids is 1. The summed E-state index contributed by atoms with van der Waals surface area (Å²) in [5, 5.41) is 10.4. The molecular weight excluding hydrogens is 580 g/mol. The van der Waals surface area contributed by atoms with Gasteiger partial charge in [-0.05, 0) is 93.0 Å². The number of fused-ring (bicyclic) bond motifs is 8. The average molecular weight is 627 g/mol. The lowest BCUT2D eigenvalue weighted by Crippen LogP contribution is -2.08. The monoisotopic (exact) mass is 626 g/mol. The number of hydrogen-bond donors (Lipinski definition) is 3. The molecule has 9 heteroatoms. The maximum atomic E-state index is 12.7. The molecule has 2 aliphatic rings. The number of carboxylic acids is 1. The van der Waals surface area contributed by atoms with Gasteiger partial charge in [0.1, 0.15) is 0 Å². The number of H-pyrrole nitrogens is 2. The van der Waals surface area contributed by atoms with E-state index in [-0.39, 0.29) is 24.0 Å². The summed E-state index contributed by atoms with van der Waals surface area (Å²) in [5.74, 6) is -1.09. The first-order valence-electron chi connectivity index (χ1n) is 16.4. The number of allylic oxidation sites excluding steroid dienone is 1. The van der Waals surface area contributed by atoms with Crippen molar-refractivity contribution in [1.29, 1.82) is 0 Å². The van der Waals surface area contributed by atoms with E-state index in [1.165, 1.54) is 5.56 Å². The third-order valence-electron chi connectivity index (χ3n) is 9.73. The number of ether oxygens (including phenoxy) is 2. The number of aryl methyl sites for hydroxylation is 4. The SMILES string of the molecule is CCCCCOCC1=C(C)c2cc3nc(c(C)c4[nH]c(cc5[nH]c(cc1n2)c(C)c5CC)c(C)c4C(=O)O)[C@@H](CCOC=O)[C@@H]3C. The molecule has 5 rings (SSSR count). The number of unbranched alkanes of at least 4 members (excludes halogenated alkanes) is 2. The lowest BCUT2D eigenvalue weighted by atomic mass is 9.87. The first-order valence-corrected chi connectivity index (χ1v) is 16.4. The molecule has 5 heterocycles. The van der Waals surface area contributed by atoms with Crippen LogP contribution < -0.4 is 0 Å². The summed E-state index contributed by atoms with van der Waals surface area (Å²) in [6.45, 7) is 16.3. The van der Waals surface area contributed by atoms with Gasteiger partial charge >= 0.3 is 5.97 Å². The minimum atomic E-state index is -0.996. The van der Waals surface area contributed by atoms with Gasteiger partial charge < -0.3 is 24.5 Å². The molecule has 0 radical (unpaired) electrons. The lowest BCUT2D eigenvalue weighted by molar-refractivity contribution is -0.128. The summed E-state index contributed by atoms with van der Waals surface area (Å²) >= 11 is 0. The largest absolute Gasteiger partial charge is 0.478 e. The summed E-state index contributed by atoms with van der Waals surface area (Å²) < 4.78 is 11.3. The summed E-state index contributed by atoms with van der Waals surface area (Å²) in [7, 11) is 0. The Morgan fingerprint density at radius 1 is 0.935 bits per heavy atom. The van der Waals surface area contributed by atoms with E-state index >= 15 is 0 Å². The zero-order valence-electron chi connectivity index (χ0n) is 28.1. The zero-order chi connectivity index (χ0) is 33.1. The third-order valence-corrected chi connectivity index (χ3v) is 9.73. The van der Waals surface area contributed by atoms with Crippen LogP contribution in [0, 0.1) is 20.8 Å². The number of nitrogens with one attached hydrogen (secondary N) is 2. The molecule has 0 fully saturated rings. The van der Waals surface area contributed by atoms with Gasteiger partial charge in [0.25, 0.3) is 6.47 Å². The molecule has 3 N–H and O–H groups in total. The van der Waals surface area contributed by atoms with E-state index < -0.39 is 5.97 Å². The Kier molecular flexibility index (Phi) is 10.1. The van der Waals surface area contributed by atoms with E-state index in [4.69, 9.17) is 19.4 Å². The van der Waals surface area contributed by atoms with Crippen LogP contribution in [0.3, 0.4) is 0 Å². The van der Waals surface area contributed by atoms with Crippen molar-refractivity contribution >= 4 is 45.7 Å². The second-order valence-electron chi connectivity index (χ2n) is 12.5. The molecule has 46 heavy (non-hydrogen) atoms. The van der Waals surface area contributed by atoms with E-state index in [1.807, 2.05) is 19.9 Å². The van der Waals surface area contributed by atoms with Gasteiger partial charge in [0.05, 0.1) is 35.7 Å². The molecule has 0 spiro atoms. The van der Waals surface area contributed by atoms with Crippen LogP contribution in [-0.2, 0) is 20.7 Å². The van der Waals surface area contributed by atoms with Crippen LogP contribution in [0.4, 0.5) is 0 Å². The predicted molar refractivity (Wildman–Crippen MR) is 182 cm³/mol. The molecule has 0 saturated heterocycles. The van der Waals surface area contributed by atoms with Crippen molar-refractivity contribution in [3.63, 3.8) is 0 Å². The fourth-order valence-corrected chi connectivity index (χ4v) is 6.88. The Labute approximate surface area is 270 Å². The van der Waals surface area contributed by atoms with Crippen molar-refractivity contribution in [1.82, 2.24) is 19.9 Å². The van der Waals surface area contributed by atoms with Crippen LogP contribution >= 0.6 is 0 Å². The zero-order valence-corrected chi connectivity index (χ0v) is 28.1. The second kappa shape index (κ2) is 14.0. The van der Waals surface area contributed by atoms with Gasteiger partial charge in [-0.15, -0.1) is 0 Å². The second-order valence-corrected chi connectivity index (χ2v) is 12.5. The van der Waals surface area contributed by atoms with Crippen LogP contribution in [0.25, 0.3) is 33.2 Å². The van der Waals surface area contributed by atoms with Crippen molar-refractivity contribution in [2.75, 3.05) is 19.8 Å². The van der Waals surface area contributed by atoms with Crippen molar-refractivity contribution in [3.05, 3.63) is 68.8 Å². The Morgan fingerprint density at radius 2 is 1.70 bits per heavy atom. The number of aromatic amines is 2. The first-order chi connectivity index (χ1) is 22.1. The van der Waals surface area contributed by atoms with Gasteiger partial charge in [-0.2, -0.15) is 0 Å². The normalized spacial score (nSPS) is 16.2. The molecule has 9 nitrogen and oxygen atoms in total. The number of rotatable bonds is 12. The van der Waals surface area contributed by atoms with Crippen molar-refractivity contribution in [2.45, 2.75) is 92.4 Å². The molecule has 3 aromatic rings. The molecule has 8 bridgehead atoms. The number of carbonyl (C=O) groups excluding carboxylic acids is 1. The van der Waals surface area contributed by atoms with Crippen LogP contribution in [0.5, 0.6) is 0 Å². The minimum Gasteiger partial charge on any atom is -0.478 e. The van der Waals surface area contributed by atoms with E-state index in [2.05, 4.69) is 56.7 Å². The first kappa shape index (κ1) is 33.1. The van der Waals surface area contributed by atoms with E-state index in [0.717, 1.165) is 87.3 Å². The molecule has 0 unspecified atom stereocenters. The predicted octanol–water partition coefficient (Wildman–Crippen LogP) is 8.09. The third kappa shape index (κ3) is 6.25. The van der Waals surface area contributed by atoms with E-state index in [9.17, 15) is 14.7 Å². The van der Waals surface area contributed by atoms with Crippen LogP contribution in [0.15, 0.2) is 18.2 Å². The fraction of sp³-hybridized carbons (Fsp3) is 0.459. The van der Waals surface area contributed by atoms with Gasteiger partial charge in [0, 0.05) is 52.0 Å². The summed E-state index contributed by atoms with van der Waals surface area (Å²) in [4.78, 5) is 41.0. The average Bonchev–Trinajstić information content (AvgIpc) is 3.71. The topological polar surface area (TPSA) is 130 Å². The Morgan fingerprint density at radius 3 is 2.39 bits per heavy atom. The molecular formula is C37H46N4O5. The van der Waals surface area contributed by atoms with Gasteiger partial charge in [-0.3, -0.25) is 9.78 Å². The number of nitrogens with zero attached hydrogens (tertiary/aromatic N) is 2. The molecule has 0 aliphatic carbocycles. The standard InChI is InChI=1S/C37H46N4O5/c1-8-10-11-13-45-18-27-22(5)28-15-30-21(4)26(12-14-46-19-42)35(40-30)24(7)36-34(37(43)44)23(6)31(41-36)17-32-25(9-2)20(3)29(38-32)16-33(27)39-28/h15-17,19,21,26,38,41H,8-14,18H2,1-7H3,(H,43,44)/t21-,26-/m0/s1. The Hall–Kier alpha value is -4.24. The van der Waals surface area contributed by atoms with Gasteiger partial charge in [-0.25, -0.2) is 9.78 Å². The van der Waals surface area contributed by atoms with Crippen LogP contribution in [0.1, 0.15) is 121 Å². The molecule has 244 valence electrons. The van der Waals surface area contributed by atoms with Gasteiger partial charge in [0.15, 0.2) is 0 Å². The quantitative estimate of drug-likeness (QED) is 0.137. The van der Waals surface area contributed by atoms with Gasteiger partial charge in [-0.1, -0.05) is 33.6 Å². The highest BCUT2D eigenvalue weighted by Crippen LogP contribution is 2.42. The summed E-state index contributed by atoms with van der Waals surface area (Å²) in [5.41, 5.74) is 12.6. The minimum absolute atomic E-state index is 0.0107. The fourth-order valence-electron chi connectivity index (χ4n) is 6.88. The molecule has 0 aromatic carbocycles. The smallest absolute Gasteiger partial charge is 0.338 e. The summed E-state index contributed by atoms with van der Waals surface area (Å²) in [6.07, 6.45) is 4.67. The Balaban J connectivity index is 1.85. The van der Waals surface area contributed by atoms with Crippen LogP contribution in [0.2, 0.25) is 0 Å². The number of aromatic nitrogens is 4. The van der Waals surface area contributed by atoms with E-state index in [0.29, 0.717) is 37.2 Å². The van der Waals surface area contributed by atoms with Crippen molar-refractivity contribution in [3.8, 4) is 0 Å². The molecule has 0 saturated carbocycles. The molecule has 0 amide bonds. The number of carboxylic acid groups (broad SMARTS) is 1. The van der Waals surface area contributed by atoms with Crippen molar-refractivity contribution in [2.24, 2.45) is 0 Å². The highest BCUT2D eigenvalue weighted by molar-refractivity contribution is 6.02. The maximum absolute atomic E-state index is 12.7. The molecule has 2 atom stereocenters. The maximum Gasteiger partial charge on any atom is 0.338 e. The highest BCUT2D eigenvalue weighted by atomic mass is 16.5. The highest BCUT2D eigenvalue weighted by Gasteiger charge is 2.32. The van der Waals surface area contributed by atoms with E-state index in [1.54, 1.807) is 0 Å². The van der Waals surface area contributed by atoms with Crippen molar-refractivity contribution < 1.29 is 24.2 Å².